The zero-order valence-corrected chi connectivity index (χ0v) is 12.5. The van der Waals surface area contributed by atoms with Crippen molar-refractivity contribution in [3.8, 4) is 0 Å². The summed E-state index contributed by atoms with van der Waals surface area (Å²) in [5, 5.41) is 9.53. The number of nitrogens with two attached hydrogens (primary N) is 1. The number of anilines is 1. The molecule has 2 rings (SSSR count). The number of carbonyl (C=O) groups is 1. The summed E-state index contributed by atoms with van der Waals surface area (Å²) in [6.07, 6.45) is 1.13. The standard InChI is InChI=1S/C15H23N3O2/c1-18(2,3)13-6-7-17(9-13)14-5-4-11(15(16)20)8-12(14)10-19/h4-5,8,13,19H,6-7,9-10H2,1-3H3,(H-,16,20)/p+1. The van der Waals surface area contributed by atoms with Gasteiger partial charge in [-0.2, -0.15) is 0 Å². The number of amides is 1. The van der Waals surface area contributed by atoms with Gasteiger partial charge in [0.25, 0.3) is 0 Å². The fourth-order valence-electron chi connectivity index (χ4n) is 2.77. The van der Waals surface area contributed by atoms with Crippen molar-refractivity contribution in [1.82, 2.24) is 0 Å². The summed E-state index contributed by atoms with van der Waals surface area (Å²) in [5.74, 6) is -0.461. The van der Waals surface area contributed by atoms with E-state index in [1.807, 2.05) is 6.07 Å². The SMILES string of the molecule is C[N+](C)(C)C1CCN(c2ccc(C(N)=O)cc2CO)C1. The van der Waals surface area contributed by atoms with Gasteiger partial charge in [-0.3, -0.25) is 4.79 Å². The lowest BCUT2D eigenvalue weighted by Crippen LogP contribution is -2.46. The molecule has 5 nitrogen and oxygen atoms in total. The van der Waals surface area contributed by atoms with E-state index < -0.39 is 5.91 Å². The van der Waals surface area contributed by atoms with Crippen molar-refractivity contribution in [3.63, 3.8) is 0 Å². The molecule has 0 saturated carbocycles. The molecule has 1 atom stereocenters. The second kappa shape index (κ2) is 5.42. The number of nitrogens with zero attached hydrogens (tertiary/aromatic N) is 2. The molecule has 1 amide bonds. The Morgan fingerprint density at radius 3 is 2.65 bits per heavy atom. The first kappa shape index (κ1) is 14.8. The molecule has 0 aliphatic carbocycles. The number of benzene rings is 1. The lowest BCUT2D eigenvalue weighted by Gasteiger charge is -2.31. The molecule has 5 heteroatoms. The molecule has 1 aliphatic heterocycles. The van der Waals surface area contributed by atoms with Gasteiger partial charge in [0.1, 0.15) is 6.04 Å². The third-order valence-corrected chi connectivity index (χ3v) is 4.13. The third kappa shape index (κ3) is 2.94. The summed E-state index contributed by atoms with van der Waals surface area (Å²) < 4.78 is 0.935. The zero-order valence-electron chi connectivity index (χ0n) is 12.5. The lowest BCUT2D eigenvalue weighted by atomic mass is 10.1. The van der Waals surface area contributed by atoms with Gasteiger partial charge in [0.2, 0.25) is 5.91 Å². The van der Waals surface area contributed by atoms with E-state index in [-0.39, 0.29) is 6.61 Å². The zero-order chi connectivity index (χ0) is 14.9. The highest BCUT2D eigenvalue weighted by atomic mass is 16.3. The van der Waals surface area contributed by atoms with Crippen LogP contribution in [-0.4, -0.2) is 55.8 Å². The first-order chi connectivity index (χ1) is 9.32. The van der Waals surface area contributed by atoms with Crippen molar-refractivity contribution in [1.29, 1.82) is 0 Å². The average Bonchev–Trinajstić information content (AvgIpc) is 2.87. The van der Waals surface area contributed by atoms with Crippen LogP contribution in [0.15, 0.2) is 18.2 Å². The Bertz CT molecular complexity index is 508. The summed E-state index contributed by atoms with van der Waals surface area (Å²) >= 11 is 0. The van der Waals surface area contributed by atoms with E-state index in [0.717, 1.165) is 35.2 Å². The molecule has 110 valence electrons. The van der Waals surface area contributed by atoms with Gasteiger partial charge in [-0.1, -0.05) is 0 Å². The molecule has 1 saturated heterocycles. The Labute approximate surface area is 120 Å². The average molecular weight is 278 g/mol. The van der Waals surface area contributed by atoms with Crippen LogP contribution in [0.2, 0.25) is 0 Å². The van der Waals surface area contributed by atoms with Gasteiger partial charge in [0.15, 0.2) is 0 Å². The van der Waals surface area contributed by atoms with Gasteiger partial charge in [-0.25, -0.2) is 0 Å². The van der Waals surface area contributed by atoms with E-state index in [0.29, 0.717) is 11.6 Å². The van der Waals surface area contributed by atoms with Crippen LogP contribution in [0.1, 0.15) is 22.3 Å². The van der Waals surface area contributed by atoms with E-state index in [9.17, 15) is 9.90 Å². The number of hydrogen-bond donors (Lipinski definition) is 2. The van der Waals surface area contributed by atoms with Crippen molar-refractivity contribution in [3.05, 3.63) is 29.3 Å². The Morgan fingerprint density at radius 1 is 1.45 bits per heavy atom. The minimum atomic E-state index is -0.461. The van der Waals surface area contributed by atoms with Crippen molar-refractivity contribution < 1.29 is 14.4 Å². The van der Waals surface area contributed by atoms with E-state index in [2.05, 4.69) is 26.0 Å². The van der Waals surface area contributed by atoms with Gasteiger partial charge in [0, 0.05) is 29.8 Å². The fourth-order valence-corrected chi connectivity index (χ4v) is 2.77. The Balaban J connectivity index is 2.24. The first-order valence-electron chi connectivity index (χ1n) is 6.92. The number of quaternary nitrogens is 1. The summed E-state index contributed by atoms with van der Waals surface area (Å²) in [4.78, 5) is 13.5. The summed E-state index contributed by atoms with van der Waals surface area (Å²) in [6, 6.07) is 5.90. The first-order valence-corrected chi connectivity index (χ1v) is 6.92. The van der Waals surface area contributed by atoms with Crippen LogP contribution < -0.4 is 10.6 Å². The molecule has 1 heterocycles. The van der Waals surface area contributed by atoms with Crippen LogP contribution in [0.5, 0.6) is 0 Å². The monoisotopic (exact) mass is 278 g/mol. The molecule has 3 N–H and O–H groups in total. The highest BCUT2D eigenvalue weighted by molar-refractivity contribution is 5.93. The molecule has 0 aromatic heterocycles. The van der Waals surface area contributed by atoms with Gasteiger partial charge < -0.3 is 20.2 Å². The van der Waals surface area contributed by atoms with Crippen LogP contribution >= 0.6 is 0 Å². The lowest BCUT2D eigenvalue weighted by molar-refractivity contribution is -0.893. The minimum absolute atomic E-state index is 0.0814. The van der Waals surface area contributed by atoms with Crippen LogP contribution in [0, 0.1) is 0 Å². The highest BCUT2D eigenvalue weighted by Gasteiger charge is 2.33. The molecular weight excluding hydrogens is 254 g/mol. The maximum atomic E-state index is 11.2. The predicted molar refractivity (Wildman–Crippen MR) is 79.5 cm³/mol. The number of likely N-dealkylation sites (N-methyl/N-ethyl adjacent to an activating group) is 1. The molecule has 1 aromatic rings. The molecule has 0 spiro atoms. The molecule has 1 fully saturated rings. The second-order valence-corrected chi connectivity index (χ2v) is 6.37. The van der Waals surface area contributed by atoms with Crippen molar-refractivity contribution >= 4 is 11.6 Å². The van der Waals surface area contributed by atoms with Crippen LogP contribution in [0.4, 0.5) is 5.69 Å². The molecule has 1 aromatic carbocycles. The van der Waals surface area contributed by atoms with Crippen LogP contribution in [0.25, 0.3) is 0 Å². The fraction of sp³-hybridized carbons (Fsp3) is 0.533. The van der Waals surface area contributed by atoms with Gasteiger partial charge in [-0.05, 0) is 18.2 Å². The van der Waals surface area contributed by atoms with Gasteiger partial charge in [-0.15, -0.1) is 0 Å². The van der Waals surface area contributed by atoms with Crippen molar-refractivity contribution in [2.75, 3.05) is 39.1 Å². The smallest absolute Gasteiger partial charge is 0.248 e. The molecule has 20 heavy (non-hydrogen) atoms. The van der Waals surface area contributed by atoms with Crippen molar-refractivity contribution in [2.24, 2.45) is 5.73 Å². The maximum absolute atomic E-state index is 11.2. The molecule has 1 unspecified atom stereocenters. The molecule has 0 bridgehead atoms. The number of rotatable bonds is 4. The molecule has 0 radical (unpaired) electrons. The topological polar surface area (TPSA) is 66.6 Å². The van der Waals surface area contributed by atoms with E-state index in [1.165, 1.54) is 0 Å². The minimum Gasteiger partial charge on any atom is -0.392 e. The largest absolute Gasteiger partial charge is 0.392 e. The number of hydrogen-bond acceptors (Lipinski definition) is 3. The Kier molecular flexibility index (Phi) is 4.01. The van der Waals surface area contributed by atoms with E-state index in [4.69, 9.17) is 5.73 Å². The van der Waals surface area contributed by atoms with Gasteiger partial charge in [0.05, 0.1) is 34.3 Å². The second-order valence-electron chi connectivity index (χ2n) is 6.37. The summed E-state index contributed by atoms with van der Waals surface area (Å²) in [6.45, 7) is 1.86. The quantitative estimate of drug-likeness (QED) is 0.791. The van der Waals surface area contributed by atoms with E-state index in [1.54, 1.807) is 12.1 Å². The Hall–Kier alpha value is -1.59. The number of primary amides is 1. The van der Waals surface area contributed by atoms with Crippen molar-refractivity contribution in [2.45, 2.75) is 19.1 Å². The molecule has 1 aliphatic rings. The maximum Gasteiger partial charge on any atom is 0.248 e. The summed E-state index contributed by atoms with van der Waals surface area (Å²) in [5.41, 5.74) is 7.50. The van der Waals surface area contributed by atoms with Crippen LogP contribution in [-0.2, 0) is 6.61 Å². The van der Waals surface area contributed by atoms with Crippen LogP contribution in [0.3, 0.4) is 0 Å². The highest BCUT2D eigenvalue weighted by Crippen LogP contribution is 2.28. The predicted octanol–water partition coefficient (Wildman–Crippen LogP) is 0.563. The number of aliphatic hydroxyl groups excluding tert-OH is 1. The Morgan fingerprint density at radius 2 is 2.15 bits per heavy atom. The van der Waals surface area contributed by atoms with Gasteiger partial charge >= 0.3 is 0 Å². The normalized spacial score (nSPS) is 19.4. The summed E-state index contributed by atoms with van der Waals surface area (Å²) in [7, 11) is 6.62. The number of carbonyl (C=O) groups excluding carboxylic acids is 1. The molecular formula is C15H24N3O2+. The third-order valence-electron chi connectivity index (χ3n) is 4.13. The van der Waals surface area contributed by atoms with E-state index >= 15 is 0 Å². The number of aliphatic hydroxyl groups is 1.